The van der Waals surface area contributed by atoms with Crippen LogP contribution in [0.5, 0.6) is 5.88 Å². The average Bonchev–Trinajstić information content (AvgIpc) is 2.37. The van der Waals surface area contributed by atoms with E-state index in [1.54, 1.807) is 0 Å². The third kappa shape index (κ3) is 2.87. The first kappa shape index (κ1) is 13.8. The number of aryl methyl sites for hydroxylation is 1. The Balaban J connectivity index is 2.52. The first-order valence-corrected chi connectivity index (χ1v) is 6.91. The van der Waals surface area contributed by atoms with E-state index < -0.39 is 0 Å². The van der Waals surface area contributed by atoms with E-state index in [0.29, 0.717) is 17.8 Å². The molecule has 0 unspecified atom stereocenters. The van der Waals surface area contributed by atoms with E-state index in [9.17, 15) is 9.90 Å². The molecule has 2 N–H and O–H groups in total. The van der Waals surface area contributed by atoms with Crippen LogP contribution >= 0.6 is 15.9 Å². The Labute approximate surface area is 119 Å². The van der Waals surface area contributed by atoms with Gasteiger partial charge in [0.2, 0.25) is 5.88 Å². The Morgan fingerprint density at radius 1 is 1.42 bits per heavy atom. The first-order chi connectivity index (χ1) is 9.02. The van der Waals surface area contributed by atoms with Crippen molar-refractivity contribution in [2.24, 2.45) is 0 Å². The van der Waals surface area contributed by atoms with Gasteiger partial charge in [0.1, 0.15) is 5.82 Å². The maximum absolute atomic E-state index is 11.9. The predicted molar refractivity (Wildman–Crippen MR) is 78.4 cm³/mol. The molecule has 2 aromatic rings. The smallest absolute Gasteiger partial charge is 0.258 e. The molecule has 0 aliphatic rings. The van der Waals surface area contributed by atoms with Crippen molar-refractivity contribution in [2.45, 2.75) is 26.7 Å². The second-order valence-electron chi connectivity index (χ2n) is 4.43. The lowest BCUT2D eigenvalue weighted by Crippen LogP contribution is -2.15. The maximum Gasteiger partial charge on any atom is 0.258 e. The SMILES string of the molecule is CCCc1c(O)nc(-c2ccc(C)c(Br)c2)[nH]c1=O. The molecule has 1 aromatic carbocycles. The Bertz CT molecular complexity index is 665. The van der Waals surface area contributed by atoms with Gasteiger partial charge in [-0.05, 0) is 25.0 Å². The van der Waals surface area contributed by atoms with Gasteiger partial charge in [-0.25, -0.2) is 0 Å². The molecule has 0 aliphatic heterocycles. The zero-order chi connectivity index (χ0) is 14.0. The molecule has 1 aromatic heterocycles. The number of rotatable bonds is 3. The molecule has 100 valence electrons. The number of aromatic hydroxyl groups is 1. The number of halogens is 1. The lowest BCUT2D eigenvalue weighted by Gasteiger charge is -2.06. The molecule has 0 atom stereocenters. The summed E-state index contributed by atoms with van der Waals surface area (Å²) in [4.78, 5) is 18.7. The molecule has 0 saturated carbocycles. The van der Waals surface area contributed by atoms with Crippen LogP contribution in [0.4, 0.5) is 0 Å². The van der Waals surface area contributed by atoms with Crippen molar-refractivity contribution in [3.8, 4) is 17.3 Å². The molecule has 2 rings (SSSR count). The topological polar surface area (TPSA) is 66.0 Å². The summed E-state index contributed by atoms with van der Waals surface area (Å²) in [7, 11) is 0. The first-order valence-electron chi connectivity index (χ1n) is 6.11. The summed E-state index contributed by atoms with van der Waals surface area (Å²) in [5.41, 5.74) is 1.92. The number of aromatic nitrogens is 2. The van der Waals surface area contributed by atoms with Crippen molar-refractivity contribution >= 4 is 15.9 Å². The summed E-state index contributed by atoms with van der Waals surface area (Å²) in [6.45, 7) is 3.93. The Hall–Kier alpha value is -1.62. The van der Waals surface area contributed by atoms with Crippen molar-refractivity contribution in [2.75, 3.05) is 0 Å². The van der Waals surface area contributed by atoms with Crippen molar-refractivity contribution in [1.82, 2.24) is 9.97 Å². The van der Waals surface area contributed by atoms with Gasteiger partial charge >= 0.3 is 0 Å². The molecule has 5 heteroatoms. The van der Waals surface area contributed by atoms with Gasteiger partial charge < -0.3 is 10.1 Å². The molecule has 0 amide bonds. The number of benzene rings is 1. The van der Waals surface area contributed by atoms with Gasteiger partial charge in [0.05, 0.1) is 5.56 Å². The number of H-pyrrole nitrogens is 1. The minimum atomic E-state index is -0.277. The van der Waals surface area contributed by atoms with E-state index >= 15 is 0 Å². The Kier molecular flexibility index (Phi) is 4.04. The quantitative estimate of drug-likeness (QED) is 0.912. The number of nitrogens with one attached hydrogen (secondary N) is 1. The molecule has 4 nitrogen and oxygen atoms in total. The van der Waals surface area contributed by atoms with Crippen molar-refractivity contribution in [3.63, 3.8) is 0 Å². The highest BCUT2D eigenvalue weighted by molar-refractivity contribution is 9.10. The van der Waals surface area contributed by atoms with Crippen LogP contribution in [0.25, 0.3) is 11.4 Å². The summed E-state index contributed by atoms with van der Waals surface area (Å²) in [6, 6.07) is 5.65. The number of nitrogens with zero attached hydrogens (tertiary/aromatic N) is 1. The molecular weight excluding hydrogens is 308 g/mol. The van der Waals surface area contributed by atoms with Gasteiger partial charge in [-0.2, -0.15) is 4.98 Å². The maximum atomic E-state index is 11.9. The predicted octanol–water partition coefficient (Wildman–Crippen LogP) is 3.17. The van der Waals surface area contributed by atoms with Gasteiger partial charge in [-0.3, -0.25) is 4.79 Å². The Morgan fingerprint density at radius 2 is 2.16 bits per heavy atom. The highest BCUT2D eigenvalue weighted by atomic mass is 79.9. The van der Waals surface area contributed by atoms with Crippen molar-refractivity contribution in [3.05, 3.63) is 44.2 Å². The molecule has 0 spiro atoms. The molecule has 0 fully saturated rings. The van der Waals surface area contributed by atoms with Crippen molar-refractivity contribution < 1.29 is 5.11 Å². The molecule has 0 radical (unpaired) electrons. The summed E-state index contributed by atoms with van der Waals surface area (Å²) in [5, 5.41) is 9.85. The van der Waals surface area contributed by atoms with E-state index in [2.05, 4.69) is 25.9 Å². The summed E-state index contributed by atoms with van der Waals surface area (Å²) in [6.07, 6.45) is 1.31. The van der Waals surface area contributed by atoms with E-state index in [1.165, 1.54) is 0 Å². The van der Waals surface area contributed by atoms with Crippen LogP contribution in [-0.4, -0.2) is 15.1 Å². The van der Waals surface area contributed by atoms with Gasteiger partial charge in [0.15, 0.2) is 0 Å². The molecule has 1 heterocycles. The largest absolute Gasteiger partial charge is 0.493 e. The molecule has 0 saturated heterocycles. The van der Waals surface area contributed by atoms with E-state index in [4.69, 9.17) is 0 Å². The number of hydrogen-bond acceptors (Lipinski definition) is 3. The van der Waals surface area contributed by atoms with Gasteiger partial charge in [0.25, 0.3) is 5.56 Å². The van der Waals surface area contributed by atoms with Crippen LogP contribution in [0.1, 0.15) is 24.5 Å². The number of hydrogen-bond donors (Lipinski definition) is 2. The third-order valence-electron chi connectivity index (χ3n) is 2.94. The van der Waals surface area contributed by atoms with Crippen molar-refractivity contribution in [1.29, 1.82) is 0 Å². The number of aromatic amines is 1. The van der Waals surface area contributed by atoms with E-state index in [0.717, 1.165) is 22.0 Å². The van der Waals surface area contributed by atoms with Gasteiger partial charge in [-0.1, -0.05) is 41.4 Å². The molecule has 0 bridgehead atoms. The third-order valence-corrected chi connectivity index (χ3v) is 3.79. The van der Waals surface area contributed by atoms with Crippen LogP contribution in [0.3, 0.4) is 0 Å². The second-order valence-corrected chi connectivity index (χ2v) is 5.28. The lowest BCUT2D eigenvalue weighted by molar-refractivity contribution is 0.443. The van der Waals surface area contributed by atoms with E-state index in [-0.39, 0.29) is 11.4 Å². The highest BCUT2D eigenvalue weighted by Crippen LogP contribution is 2.24. The standard InChI is InChI=1S/C14H15BrN2O2/c1-3-4-10-13(18)16-12(17-14(10)19)9-6-5-8(2)11(15)7-9/h5-7H,3-4H2,1-2H3,(H2,16,17,18,19). The highest BCUT2D eigenvalue weighted by Gasteiger charge is 2.11. The minimum absolute atomic E-state index is 0.183. The fourth-order valence-electron chi connectivity index (χ4n) is 1.84. The molecule has 0 aliphatic carbocycles. The van der Waals surface area contributed by atoms with Crippen LogP contribution < -0.4 is 5.56 Å². The second kappa shape index (κ2) is 5.57. The van der Waals surface area contributed by atoms with Crippen LogP contribution in [-0.2, 0) is 6.42 Å². The van der Waals surface area contributed by atoms with Crippen LogP contribution in [0, 0.1) is 6.92 Å². The molecule has 19 heavy (non-hydrogen) atoms. The van der Waals surface area contributed by atoms with Gasteiger partial charge in [-0.15, -0.1) is 0 Å². The fraction of sp³-hybridized carbons (Fsp3) is 0.286. The lowest BCUT2D eigenvalue weighted by atomic mass is 10.1. The van der Waals surface area contributed by atoms with Crippen LogP contribution in [0.15, 0.2) is 27.5 Å². The zero-order valence-electron chi connectivity index (χ0n) is 10.8. The monoisotopic (exact) mass is 322 g/mol. The summed E-state index contributed by atoms with van der Waals surface area (Å²) < 4.78 is 0.935. The molecular formula is C14H15BrN2O2. The Morgan fingerprint density at radius 3 is 2.74 bits per heavy atom. The van der Waals surface area contributed by atoms with Crippen LogP contribution in [0.2, 0.25) is 0 Å². The average molecular weight is 323 g/mol. The summed E-state index contributed by atoms with van der Waals surface area (Å²) in [5.74, 6) is 0.195. The van der Waals surface area contributed by atoms with E-state index in [1.807, 2.05) is 32.0 Å². The normalized spacial score (nSPS) is 10.7. The fourth-order valence-corrected chi connectivity index (χ4v) is 2.22. The zero-order valence-corrected chi connectivity index (χ0v) is 12.4. The summed E-state index contributed by atoms with van der Waals surface area (Å²) >= 11 is 3.44. The minimum Gasteiger partial charge on any atom is -0.493 e. The van der Waals surface area contributed by atoms with Gasteiger partial charge in [0, 0.05) is 10.0 Å².